The van der Waals surface area contributed by atoms with E-state index in [0.29, 0.717) is 59.5 Å². The molecule has 1 aromatic carbocycles. The van der Waals surface area contributed by atoms with Crippen LogP contribution in [-0.2, 0) is 0 Å². The first-order valence-electron chi connectivity index (χ1n) is 12.3. The average Bonchev–Trinajstić information content (AvgIpc) is 2.96. The van der Waals surface area contributed by atoms with E-state index in [1.807, 2.05) is 25.2 Å². The molecule has 0 amide bonds. The summed E-state index contributed by atoms with van der Waals surface area (Å²) in [6.07, 6.45) is 4.70. The van der Waals surface area contributed by atoms with Gasteiger partial charge in [-0.25, -0.2) is 9.97 Å². The maximum atomic E-state index is 11.5. The monoisotopic (exact) mass is 584 g/mol. The summed E-state index contributed by atoms with van der Waals surface area (Å²) >= 11 is 7.77. The van der Waals surface area contributed by atoms with Gasteiger partial charge >= 0.3 is 0 Å². The highest BCUT2D eigenvalue weighted by Crippen LogP contribution is 2.38. The fourth-order valence-electron chi connectivity index (χ4n) is 4.05. The van der Waals surface area contributed by atoms with E-state index in [9.17, 15) is 19.8 Å². The molecule has 0 spiro atoms. The molecule has 4 aromatic rings. The molecular formula is C26H29ClN8O4S. The third kappa shape index (κ3) is 6.28. The number of halogens is 1. The van der Waals surface area contributed by atoms with Crippen molar-refractivity contribution in [3.63, 3.8) is 0 Å². The van der Waals surface area contributed by atoms with Crippen LogP contribution in [0.4, 0.5) is 17.3 Å². The lowest BCUT2D eigenvalue weighted by Crippen LogP contribution is -2.49. The molecular weight excluding hydrogens is 556 g/mol. The number of nitrogens with two attached hydrogens (primary N) is 2. The number of carbonyl (C=O) groups excluding carboxylic acids is 1. The van der Waals surface area contributed by atoms with Gasteiger partial charge in [0.15, 0.2) is 12.1 Å². The van der Waals surface area contributed by atoms with Crippen molar-refractivity contribution in [3.05, 3.63) is 69.7 Å². The molecule has 40 heavy (non-hydrogen) atoms. The van der Waals surface area contributed by atoms with Gasteiger partial charge in [-0.15, -0.1) is 0 Å². The fraction of sp³-hybridized carbons (Fsp3) is 0.269. The molecule has 4 heterocycles. The van der Waals surface area contributed by atoms with Crippen molar-refractivity contribution < 1.29 is 15.0 Å². The van der Waals surface area contributed by atoms with Crippen molar-refractivity contribution in [2.24, 2.45) is 5.73 Å². The van der Waals surface area contributed by atoms with Gasteiger partial charge in [-0.05, 0) is 37.1 Å². The van der Waals surface area contributed by atoms with Crippen molar-refractivity contribution in [1.29, 1.82) is 0 Å². The SMILES string of the molecule is CNc1cccc(Sc2ncc(N3CCC(O)(CN)CC3)nc2N)c1Cl.O=Cc1c(O)nc2ccccn2c1=O. The molecule has 7 N–H and O–H groups in total. The minimum Gasteiger partial charge on any atom is -0.493 e. The molecule has 1 fully saturated rings. The molecule has 0 bridgehead atoms. The minimum atomic E-state index is -0.777. The number of rotatable bonds is 6. The first-order valence-corrected chi connectivity index (χ1v) is 13.5. The molecule has 1 aliphatic heterocycles. The smallest absolute Gasteiger partial charge is 0.272 e. The van der Waals surface area contributed by atoms with E-state index in [0.717, 1.165) is 10.6 Å². The van der Waals surface area contributed by atoms with Crippen LogP contribution in [0.2, 0.25) is 5.02 Å². The number of carbonyl (C=O) groups is 1. The van der Waals surface area contributed by atoms with Crippen LogP contribution < -0.4 is 27.2 Å². The molecule has 12 nitrogen and oxygen atoms in total. The molecule has 0 atom stereocenters. The number of aromatic hydroxyl groups is 1. The third-order valence-corrected chi connectivity index (χ3v) is 8.04. The number of anilines is 3. The van der Waals surface area contributed by atoms with E-state index < -0.39 is 17.0 Å². The van der Waals surface area contributed by atoms with Gasteiger partial charge in [-0.2, -0.15) is 4.98 Å². The topological polar surface area (TPSA) is 185 Å². The van der Waals surface area contributed by atoms with Gasteiger partial charge in [0.05, 0.1) is 22.5 Å². The number of aromatic nitrogens is 4. The summed E-state index contributed by atoms with van der Waals surface area (Å²) in [6.45, 7) is 1.62. The molecule has 1 aliphatic rings. The molecule has 3 aromatic heterocycles. The fourth-order valence-corrected chi connectivity index (χ4v) is 5.20. The Labute approximate surface area is 239 Å². The van der Waals surface area contributed by atoms with Gasteiger partial charge in [-0.3, -0.25) is 14.0 Å². The second-order valence-corrected chi connectivity index (χ2v) is 10.4. The van der Waals surface area contributed by atoms with E-state index in [1.54, 1.807) is 24.4 Å². The molecule has 210 valence electrons. The van der Waals surface area contributed by atoms with Crippen LogP contribution in [0, 0.1) is 0 Å². The molecule has 0 aliphatic carbocycles. The van der Waals surface area contributed by atoms with Crippen molar-refractivity contribution in [2.45, 2.75) is 28.4 Å². The summed E-state index contributed by atoms with van der Waals surface area (Å²) in [7, 11) is 1.82. The average molecular weight is 585 g/mol. The van der Waals surface area contributed by atoms with Crippen LogP contribution >= 0.6 is 23.4 Å². The van der Waals surface area contributed by atoms with Gasteiger partial charge in [-0.1, -0.05) is 35.5 Å². The Morgan fingerprint density at radius 2 is 1.95 bits per heavy atom. The number of nitrogen functional groups attached to an aromatic ring is 1. The highest BCUT2D eigenvalue weighted by molar-refractivity contribution is 7.99. The number of piperidine rings is 1. The van der Waals surface area contributed by atoms with Crippen LogP contribution in [-0.4, -0.2) is 68.1 Å². The zero-order valence-electron chi connectivity index (χ0n) is 21.6. The Hall–Kier alpha value is -3.91. The summed E-state index contributed by atoms with van der Waals surface area (Å²) in [5.41, 5.74) is 11.2. The summed E-state index contributed by atoms with van der Waals surface area (Å²) < 4.78 is 1.20. The Balaban J connectivity index is 0.000000222. The van der Waals surface area contributed by atoms with Crippen molar-refractivity contribution in [2.75, 3.05) is 42.6 Å². The Morgan fingerprint density at radius 3 is 2.60 bits per heavy atom. The Kier molecular flexibility index (Phi) is 9.10. The van der Waals surface area contributed by atoms with E-state index in [2.05, 4.69) is 25.2 Å². The lowest BCUT2D eigenvalue weighted by atomic mass is 9.92. The lowest BCUT2D eigenvalue weighted by Gasteiger charge is -2.37. The Bertz CT molecular complexity index is 1580. The second-order valence-electron chi connectivity index (χ2n) is 9.00. The first-order chi connectivity index (χ1) is 19.2. The maximum Gasteiger partial charge on any atom is 0.272 e. The molecule has 0 unspecified atom stereocenters. The van der Waals surface area contributed by atoms with Crippen molar-refractivity contribution >= 4 is 52.6 Å². The minimum absolute atomic E-state index is 0.274. The van der Waals surface area contributed by atoms with Gasteiger partial charge in [0, 0.05) is 37.8 Å². The standard InChI is InChI=1S/C17H23ClN6OS.C9H6N2O3/c1-21-11-3-2-4-12(14(11)18)26-16-15(20)23-13(9-22-16)24-7-5-17(25,10-19)6-8-24;12-5-6-8(13)10-7-3-1-2-4-11(7)9(6)14/h2-4,9,21,25H,5-8,10,19H2,1H3,(H2,20,23);1-5,13H. The number of fused-ring (bicyclic) bond motifs is 1. The van der Waals surface area contributed by atoms with E-state index in [-0.39, 0.29) is 12.1 Å². The Morgan fingerprint density at radius 1 is 1.20 bits per heavy atom. The van der Waals surface area contributed by atoms with Crippen molar-refractivity contribution in [1.82, 2.24) is 19.4 Å². The predicted molar refractivity (Wildman–Crippen MR) is 156 cm³/mol. The molecule has 14 heteroatoms. The number of hydrogen-bond donors (Lipinski definition) is 5. The number of aliphatic hydroxyl groups is 1. The number of nitrogens with one attached hydrogen (secondary N) is 1. The van der Waals surface area contributed by atoms with Crippen LogP contribution in [0.15, 0.2) is 63.5 Å². The molecule has 0 saturated carbocycles. The van der Waals surface area contributed by atoms with Gasteiger partial charge in [0.25, 0.3) is 5.56 Å². The summed E-state index contributed by atoms with van der Waals surface area (Å²) in [5.74, 6) is 0.537. The number of benzene rings is 1. The number of aldehydes is 1. The van der Waals surface area contributed by atoms with Crippen LogP contribution in [0.1, 0.15) is 23.2 Å². The molecule has 5 rings (SSSR count). The highest BCUT2D eigenvalue weighted by Gasteiger charge is 2.31. The quantitative estimate of drug-likeness (QED) is 0.209. The van der Waals surface area contributed by atoms with Gasteiger partial charge in [0.2, 0.25) is 5.88 Å². The molecule has 1 saturated heterocycles. The first kappa shape index (κ1) is 29.1. The highest BCUT2D eigenvalue weighted by atomic mass is 35.5. The normalized spacial score (nSPS) is 14.3. The second kappa shape index (κ2) is 12.5. The summed E-state index contributed by atoms with van der Waals surface area (Å²) in [5, 5.41) is 23.8. The summed E-state index contributed by atoms with van der Waals surface area (Å²) in [4.78, 5) is 37.6. The van der Waals surface area contributed by atoms with E-state index in [1.165, 1.54) is 22.4 Å². The molecule has 0 radical (unpaired) electrons. The zero-order valence-corrected chi connectivity index (χ0v) is 23.2. The van der Waals surface area contributed by atoms with Crippen LogP contribution in [0.3, 0.4) is 0 Å². The van der Waals surface area contributed by atoms with Crippen LogP contribution in [0.5, 0.6) is 5.88 Å². The van der Waals surface area contributed by atoms with Gasteiger partial charge in [0.1, 0.15) is 22.1 Å². The number of nitrogens with zero attached hydrogens (tertiary/aromatic N) is 5. The number of pyridine rings is 1. The van der Waals surface area contributed by atoms with Gasteiger partial charge < -0.3 is 31.9 Å². The van der Waals surface area contributed by atoms with Crippen LogP contribution in [0.25, 0.3) is 5.65 Å². The van der Waals surface area contributed by atoms with E-state index >= 15 is 0 Å². The number of hydrogen-bond acceptors (Lipinski definition) is 12. The predicted octanol–water partition coefficient (Wildman–Crippen LogP) is 2.41. The largest absolute Gasteiger partial charge is 0.493 e. The van der Waals surface area contributed by atoms with E-state index in [4.69, 9.17) is 23.1 Å². The maximum absolute atomic E-state index is 11.5. The lowest BCUT2D eigenvalue weighted by molar-refractivity contribution is 0.0248. The van der Waals surface area contributed by atoms with Crippen molar-refractivity contribution in [3.8, 4) is 5.88 Å². The third-order valence-electron chi connectivity index (χ3n) is 6.46. The zero-order chi connectivity index (χ0) is 28.9. The summed E-state index contributed by atoms with van der Waals surface area (Å²) in [6, 6.07) is 10.6.